The van der Waals surface area contributed by atoms with E-state index in [-0.39, 0.29) is 5.82 Å². The number of carbonyl (C=O) groups excluding carboxylic acids is 1. The molecule has 0 aromatic carbocycles. The molecular weight excluding hydrogens is 208 g/mol. The number of nitrogens with two attached hydrogens (primary N) is 2. The van der Waals surface area contributed by atoms with Crippen LogP contribution in [0.15, 0.2) is 12.3 Å². The number of anilines is 3. The van der Waals surface area contributed by atoms with Gasteiger partial charge in [-0.05, 0) is 26.8 Å². The van der Waals surface area contributed by atoms with Gasteiger partial charge in [0.15, 0.2) is 0 Å². The summed E-state index contributed by atoms with van der Waals surface area (Å²) in [7, 11) is 0. The van der Waals surface area contributed by atoms with Crippen molar-refractivity contribution in [3.63, 3.8) is 0 Å². The second-order valence-corrected chi connectivity index (χ2v) is 4.33. The molecule has 1 aromatic heterocycles. The molecule has 88 valence electrons. The van der Waals surface area contributed by atoms with Gasteiger partial charge in [0.1, 0.15) is 11.4 Å². The van der Waals surface area contributed by atoms with Crippen molar-refractivity contribution in [3.05, 3.63) is 12.3 Å². The highest BCUT2D eigenvalue weighted by Crippen LogP contribution is 2.17. The molecule has 1 rings (SSSR count). The Labute approximate surface area is 94.0 Å². The summed E-state index contributed by atoms with van der Waals surface area (Å²) >= 11 is 0. The van der Waals surface area contributed by atoms with E-state index in [1.54, 1.807) is 20.8 Å². The lowest BCUT2D eigenvalue weighted by Gasteiger charge is -2.19. The number of nitrogens with one attached hydrogen (secondary N) is 1. The molecule has 0 saturated carbocycles. The van der Waals surface area contributed by atoms with Crippen LogP contribution in [-0.2, 0) is 4.74 Å². The average molecular weight is 224 g/mol. The normalized spacial score (nSPS) is 10.9. The van der Waals surface area contributed by atoms with Crippen LogP contribution in [0.2, 0.25) is 0 Å². The maximum Gasteiger partial charge on any atom is 0.412 e. The minimum Gasteiger partial charge on any atom is -0.444 e. The third kappa shape index (κ3) is 3.64. The molecule has 0 aliphatic rings. The predicted octanol–water partition coefficient (Wildman–Crippen LogP) is 1.59. The van der Waals surface area contributed by atoms with Gasteiger partial charge >= 0.3 is 6.09 Å². The lowest BCUT2D eigenvalue weighted by Crippen LogP contribution is -2.27. The molecule has 0 aliphatic heterocycles. The van der Waals surface area contributed by atoms with Crippen LogP contribution >= 0.6 is 0 Å². The standard InChI is InChI=1S/C10H16N4O2/c1-10(2,3)16-9(15)14-6-4-7(11)8(12)13-5-6/h4-5H,11H2,1-3H3,(H2,12,13)(H,14,15). The predicted molar refractivity (Wildman–Crippen MR) is 62.9 cm³/mol. The summed E-state index contributed by atoms with van der Waals surface area (Å²) in [5.41, 5.74) is 11.2. The van der Waals surface area contributed by atoms with E-state index in [9.17, 15) is 4.79 Å². The molecular formula is C10H16N4O2. The van der Waals surface area contributed by atoms with Crippen molar-refractivity contribution in [1.29, 1.82) is 0 Å². The summed E-state index contributed by atoms with van der Waals surface area (Å²) in [4.78, 5) is 15.2. The molecule has 5 N–H and O–H groups in total. The Kier molecular flexibility index (Phi) is 3.22. The van der Waals surface area contributed by atoms with Crippen LogP contribution in [0.3, 0.4) is 0 Å². The molecule has 6 nitrogen and oxygen atoms in total. The molecule has 0 spiro atoms. The average Bonchev–Trinajstić information content (AvgIpc) is 2.08. The van der Waals surface area contributed by atoms with Gasteiger partial charge in [0.25, 0.3) is 0 Å². The number of nitrogens with zero attached hydrogens (tertiary/aromatic N) is 1. The molecule has 1 heterocycles. The zero-order valence-electron chi connectivity index (χ0n) is 9.57. The van der Waals surface area contributed by atoms with E-state index < -0.39 is 11.7 Å². The highest BCUT2D eigenvalue weighted by molar-refractivity contribution is 5.85. The molecule has 0 unspecified atom stereocenters. The fourth-order valence-electron chi connectivity index (χ4n) is 0.982. The van der Waals surface area contributed by atoms with Gasteiger partial charge in [0, 0.05) is 0 Å². The van der Waals surface area contributed by atoms with Crippen molar-refractivity contribution in [2.24, 2.45) is 0 Å². The second kappa shape index (κ2) is 4.26. The van der Waals surface area contributed by atoms with Gasteiger partial charge in [0.2, 0.25) is 0 Å². The summed E-state index contributed by atoms with van der Waals surface area (Å²) in [5.74, 6) is 0.231. The second-order valence-electron chi connectivity index (χ2n) is 4.33. The monoisotopic (exact) mass is 224 g/mol. The van der Waals surface area contributed by atoms with Crippen LogP contribution in [0.1, 0.15) is 20.8 Å². The van der Waals surface area contributed by atoms with Crippen molar-refractivity contribution in [2.75, 3.05) is 16.8 Å². The first kappa shape index (κ1) is 12.1. The van der Waals surface area contributed by atoms with E-state index in [4.69, 9.17) is 16.2 Å². The number of nitrogen functional groups attached to an aromatic ring is 2. The maximum absolute atomic E-state index is 11.4. The van der Waals surface area contributed by atoms with E-state index in [1.807, 2.05) is 0 Å². The highest BCUT2D eigenvalue weighted by atomic mass is 16.6. The number of hydrogen-bond donors (Lipinski definition) is 3. The molecule has 0 atom stereocenters. The molecule has 0 saturated heterocycles. The summed E-state index contributed by atoms with van der Waals surface area (Å²) in [6.45, 7) is 5.34. The largest absolute Gasteiger partial charge is 0.444 e. The number of hydrogen-bond acceptors (Lipinski definition) is 5. The third-order valence-corrected chi connectivity index (χ3v) is 1.59. The molecule has 0 fully saturated rings. The molecule has 0 radical (unpaired) electrons. The molecule has 0 bridgehead atoms. The topological polar surface area (TPSA) is 103 Å². The first-order valence-electron chi connectivity index (χ1n) is 4.79. The smallest absolute Gasteiger partial charge is 0.412 e. The Morgan fingerprint density at radius 2 is 2.06 bits per heavy atom. The Hall–Kier alpha value is -1.98. The van der Waals surface area contributed by atoms with E-state index in [2.05, 4.69) is 10.3 Å². The zero-order valence-corrected chi connectivity index (χ0v) is 9.57. The fraction of sp³-hybridized carbons (Fsp3) is 0.400. The van der Waals surface area contributed by atoms with E-state index in [0.29, 0.717) is 11.4 Å². The zero-order chi connectivity index (χ0) is 12.3. The minimum atomic E-state index is -0.557. The maximum atomic E-state index is 11.4. The quantitative estimate of drug-likeness (QED) is 0.672. The molecule has 6 heteroatoms. The van der Waals surface area contributed by atoms with Crippen LogP contribution < -0.4 is 16.8 Å². The van der Waals surface area contributed by atoms with Gasteiger partial charge in [-0.15, -0.1) is 0 Å². The summed E-state index contributed by atoms with van der Waals surface area (Å²) in [5, 5.41) is 2.51. The van der Waals surface area contributed by atoms with Crippen LogP contribution in [-0.4, -0.2) is 16.7 Å². The fourth-order valence-corrected chi connectivity index (χ4v) is 0.982. The Morgan fingerprint density at radius 1 is 1.44 bits per heavy atom. The van der Waals surface area contributed by atoms with Gasteiger partial charge in [-0.25, -0.2) is 9.78 Å². The Bertz CT molecular complexity index is 398. The van der Waals surface area contributed by atoms with Crippen LogP contribution in [0.25, 0.3) is 0 Å². The number of amides is 1. The minimum absolute atomic E-state index is 0.231. The van der Waals surface area contributed by atoms with Crippen LogP contribution in [0, 0.1) is 0 Å². The first-order chi connectivity index (χ1) is 7.28. The summed E-state index contributed by atoms with van der Waals surface area (Å²) in [6, 6.07) is 1.52. The number of pyridine rings is 1. The summed E-state index contributed by atoms with van der Waals surface area (Å²) < 4.78 is 5.06. The van der Waals surface area contributed by atoms with E-state index in [1.165, 1.54) is 12.3 Å². The number of ether oxygens (including phenoxy) is 1. The third-order valence-electron chi connectivity index (χ3n) is 1.59. The lowest BCUT2D eigenvalue weighted by molar-refractivity contribution is 0.0636. The van der Waals surface area contributed by atoms with Crippen molar-refractivity contribution < 1.29 is 9.53 Å². The van der Waals surface area contributed by atoms with Crippen molar-refractivity contribution >= 4 is 23.3 Å². The highest BCUT2D eigenvalue weighted by Gasteiger charge is 2.16. The SMILES string of the molecule is CC(C)(C)OC(=O)Nc1cnc(N)c(N)c1. The molecule has 1 aromatic rings. The van der Waals surface area contributed by atoms with Crippen molar-refractivity contribution in [3.8, 4) is 0 Å². The Balaban J connectivity index is 2.67. The molecule has 1 amide bonds. The van der Waals surface area contributed by atoms with Gasteiger partial charge in [-0.1, -0.05) is 0 Å². The number of rotatable bonds is 1. The molecule has 0 aliphatic carbocycles. The molecule has 16 heavy (non-hydrogen) atoms. The summed E-state index contributed by atoms with van der Waals surface area (Å²) in [6.07, 6.45) is 0.855. The van der Waals surface area contributed by atoms with E-state index >= 15 is 0 Å². The van der Waals surface area contributed by atoms with Crippen LogP contribution in [0.5, 0.6) is 0 Å². The number of carbonyl (C=O) groups is 1. The lowest BCUT2D eigenvalue weighted by atomic mass is 10.2. The van der Waals surface area contributed by atoms with Gasteiger partial charge < -0.3 is 16.2 Å². The number of aromatic nitrogens is 1. The van der Waals surface area contributed by atoms with E-state index in [0.717, 1.165) is 0 Å². The first-order valence-corrected chi connectivity index (χ1v) is 4.79. The van der Waals surface area contributed by atoms with Gasteiger partial charge in [-0.2, -0.15) is 0 Å². The van der Waals surface area contributed by atoms with Crippen LogP contribution in [0.4, 0.5) is 22.0 Å². The van der Waals surface area contributed by atoms with Gasteiger partial charge in [-0.3, -0.25) is 5.32 Å². The van der Waals surface area contributed by atoms with Crippen molar-refractivity contribution in [2.45, 2.75) is 26.4 Å². The Morgan fingerprint density at radius 3 is 2.56 bits per heavy atom. The van der Waals surface area contributed by atoms with Gasteiger partial charge in [0.05, 0.1) is 17.6 Å². The van der Waals surface area contributed by atoms with Crippen molar-refractivity contribution in [1.82, 2.24) is 4.98 Å².